The van der Waals surface area contributed by atoms with E-state index in [2.05, 4.69) is 10.3 Å². The number of ether oxygens (including phenoxy) is 1. The van der Waals surface area contributed by atoms with Gasteiger partial charge in [0.25, 0.3) is 5.91 Å². The van der Waals surface area contributed by atoms with E-state index in [1.54, 1.807) is 0 Å². The lowest BCUT2D eigenvalue weighted by Gasteiger charge is -2.03. The number of carbonyl (C=O) groups excluding carboxylic acids is 2. The monoisotopic (exact) mass is 296 g/mol. The molecule has 2 heterocycles. The lowest BCUT2D eigenvalue weighted by Crippen LogP contribution is -2.20. The molecule has 0 fully saturated rings. The lowest BCUT2D eigenvalue weighted by atomic mass is 10.3. The Bertz CT molecular complexity index is 604. The second kappa shape index (κ2) is 5.94. The predicted molar refractivity (Wildman–Crippen MR) is 74.8 cm³/mol. The molecule has 2 aromatic rings. The zero-order valence-electron chi connectivity index (χ0n) is 10.4. The van der Waals surface area contributed by atoms with Crippen LogP contribution in [0.2, 0.25) is 0 Å². The average molecular weight is 296 g/mol. The van der Waals surface area contributed by atoms with Crippen LogP contribution >= 0.6 is 22.7 Å². The molecule has 7 heteroatoms. The van der Waals surface area contributed by atoms with Gasteiger partial charge in [-0.2, -0.15) is 0 Å². The van der Waals surface area contributed by atoms with Gasteiger partial charge < -0.3 is 4.74 Å². The van der Waals surface area contributed by atoms with Crippen molar-refractivity contribution in [2.75, 3.05) is 11.9 Å². The summed E-state index contributed by atoms with van der Waals surface area (Å²) >= 11 is 2.63. The van der Waals surface area contributed by atoms with E-state index in [1.807, 2.05) is 30.7 Å². The van der Waals surface area contributed by atoms with Crippen LogP contribution in [0.15, 0.2) is 16.8 Å². The SMILES string of the molecule is Cc1csc(NC(=O)COC(=O)c2sccc2C)n1. The van der Waals surface area contributed by atoms with Gasteiger partial charge in [-0.15, -0.1) is 22.7 Å². The van der Waals surface area contributed by atoms with Crippen molar-refractivity contribution in [2.45, 2.75) is 13.8 Å². The number of aryl methyl sites for hydroxylation is 2. The number of anilines is 1. The van der Waals surface area contributed by atoms with E-state index in [4.69, 9.17) is 4.74 Å². The number of esters is 1. The van der Waals surface area contributed by atoms with Crippen LogP contribution in [0.3, 0.4) is 0 Å². The first kappa shape index (κ1) is 13.7. The average Bonchev–Trinajstić information content (AvgIpc) is 2.95. The molecule has 0 saturated carbocycles. The van der Waals surface area contributed by atoms with Crippen LogP contribution in [-0.4, -0.2) is 23.5 Å². The smallest absolute Gasteiger partial charge is 0.349 e. The Morgan fingerprint density at radius 2 is 2.16 bits per heavy atom. The molecule has 0 aromatic carbocycles. The maximum absolute atomic E-state index is 11.7. The molecule has 0 saturated heterocycles. The number of carbonyl (C=O) groups is 2. The zero-order valence-corrected chi connectivity index (χ0v) is 12.1. The number of hydrogen-bond donors (Lipinski definition) is 1. The summed E-state index contributed by atoms with van der Waals surface area (Å²) in [5, 5.41) is 6.72. The normalized spacial score (nSPS) is 10.2. The molecule has 1 N–H and O–H groups in total. The molecule has 0 aliphatic rings. The second-order valence-electron chi connectivity index (χ2n) is 3.85. The number of hydrogen-bond acceptors (Lipinski definition) is 6. The molecular weight excluding hydrogens is 284 g/mol. The molecule has 100 valence electrons. The summed E-state index contributed by atoms with van der Waals surface area (Å²) in [5.74, 6) is -0.866. The van der Waals surface area contributed by atoms with Crippen LogP contribution in [0.4, 0.5) is 5.13 Å². The van der Waals surface area contributed by atoms with Crippen molar-refractivity contribution in [1.82, 2.24) is 4.98 Å². The summed E-state index contributed by atoms with van der Waals surface area (Å²) in [6, 6.07) is 1.83. The first-order chi connectivity index (χ1) is 9.06. The van der Waals surface area contributed by atoms with Crippen molar-refractivity contribution in [3.63, 3.8) is 0 Å². The van der Waals surface area contributed by atoms with Gasteiger partial charge in [0, 0.05) is 5.38 Å². The third-order valence-corrected chi connectivity index (χ3v) is 4.12. The highest BCUT2D eigenvalue weighted by Crippen LogP contribution is 2.17. The van der Waals surface area contributed by atoms with Gasteiger partial charge in [-0.25, -0.2) is 9.78 Å². The highest BCUT2D eigenvalue weighted by molar-refractivity contribution is 7.14. The van der Waals surface area contributed by atoms with Crippen molar-refractivity contribution >= 4 is 39.7 Å². The molecule has 19 heavy (non-hydrogen) atoms. The summed E-state index contributed by atoms with van der Waals surface area (Å²) in [6.45, 7) is 3.35. The summed E-state index contributed by atoms with van der Waals surface area (Å²) in [5.41, 5.74) is 1.69. The largest absolute Gasteiger partial charge is 0.451 e. The van der Waals surface area contributed by atoms with Crippen molar-refractivity contribution in [3.8, 4) is 0 Å². The Kier molecular flexibility index (Phi) is 4.28. The summed E-state index contributed by atoms with van der Waals surface area (Å²) in [4.78, 5) is 27.9. The van der Waals surface area contributed by atoms with Crippen molar-refractivity contribution in [1.29, 1.82) is 0 Å². The van der Waals surface area contributed by atoms with E-state index >= 15 is 0 Å². The van der Waals surface area contributed by atoms with Gasteiger partial charge in [-0.3, -0.25) is 10.1 Å². The van der Waals surface area contributed by atoms with E-state index in [9.17, 15) is 9.59 Å². The van der Waals surface area contributed by atoms with Crippen LogP contribution in [0.25, 0.3) is 0 Å². The Labute approximate surface area is 118 Å². The maximum atomic E-state index is 11.7. The maximum Gasteiger partial charge on any atom is 0.349 e. The Balaban J connectivity index is 1.84. The van der Waals surface area contributed by atoms with E-state index in [-0.39, 0.29) is 6.61 Å². The van der Waals surface area contributed by atoms with Gasteiger partial charge in [0.2, 0.25) is 0 Å². The van der Waals surface area contributed by atoms with Gasteiger partial charge in [-0.05, 0) is 30.9 Å². The van der Waals surface area contributed by atoms with Crippen LogP contribution in [0, 0.1) is 13.8 Å². The fourth-order valence-electron chi connectivity index (χ4n) is 1.35. The number of thiophene rings is 1. The van der Waals surface area contributed by atoms with Crippen LogP contribution < -0.4 is 5.32 Å². The molecule has 5 nitrogen and oxygen atoms in total. The third kappa shape index (κ3) is 3.62. The molecule has 0 aliphatic carbocycles. The molecule has 0 atom stereocenters. The van der Waals surface area contributed by atoms with Crippen LogP contribution in [-0.2, 0) is 9.53 Å². The van der Waals surface area contributed by atoms with Crippen LogP contribution in [0.1, 0.15) is 20.9 Å². The highest BCUT2D eigenvalue weighted by Gasteiger charge is 2.14. The molecule has 0 spiro atoms. The van der Waals surface area contributed by atoms with E-state index in [0.717, 1.165) is 11.3 Å². The lowest BCUT2D eigenvalue weighted by molar-refractivity contribution is -0.119. The molecule has 2 aromatic heterocycles. The molecule has 0 bridgehead atoms. The van der Waals surface area contributed by atoms with E-state index in [0.29, 0.717) is 10.0 Å². The summed E-state index contributed by atoms with van der Waals surface area (Å²) < 4.78 is 4.94. The molecule has 0 radical (unpaired) electrons. The first-order valence-electron chi connectivity index (χ1n) is 5.49. The van der Waals surface area contributed by atoms with Gasteiger partial charge >= 0.3 is 5.97 Å². The third-order valence-electron chi connectivity index (χ3n) is 2.25. The fourth-order valence-corrected chi connectivity index (χ4v) is 2.87. The quantitative estimate of drug-likeness (QED) is 0.881. The molecule has 0 unspecified atom stereocenters. The van der Waals surface area contributed by atoms with E-state index in [1.165, 1.54) is 22.7 Å². The minimum atomic E-state index is -0.474. The van der Waals surface area contributed by atoms with Gasteiger partial charge in [0.15, 0.2) is 11.7 Å². The predicted octanol–water partition coefficient (Wildman–Crippen LogP) is 2.62. The fraction of sp³-hybridized carbons (Fsp3) is 0.250. The first-order valence-corrected chi connectivity index (χ1v) is 7.25. The molecular formula is C12H12N2O3S2. The van der Waals surface area contributed by atoms with Crippen molar-refractivity contribution in [3.05, 3.63) is 33.0 Å². The summed E-state index contributed by atoms with van der Waals surface area (Å²) in [6.07, 6.45) is 0. The number of amides is 1. The standard InChI is InChI=1S/C12H12N2O3S2/c1-7-3-4-18-10(7)11(16)17-5-9(15)14-12-13-8(2)6-19-12/h3-4,6H,5H2,1-2H3,(H,13,14,15). The Hall–Kier alpha value is -1.73. The Morgan fingerprint density at radius 3 is 2.74 bits per heavy atom. The van der Waals surface area contributed by atoms with Gasteiger partial charge in [0.1, 0.15) is 4.88 Å². The van der Waals surface area contributed by atoms with E-state index < -0.39 is 11.9 Å². The molecule has 1 amide bonds. The minimum Gasteiger partial charge on any atom is -0.451 e. The number of thiazole rings is 1. The Morgan fingerprint density at radius 1 is 1.37 bits per heavy atom. The second-order valence-corrected chi connectivity index (χ2v) is 5.63. The van der Waals surface area contributed by atoms with Gasteiger partial charge in [0.05, 0.1) is 5.69 Å². The number of nitrogens with zero attached hydrogens (tertiary/aromatic N) is 1. The minimum absolute atomic E-state index is 0.311. The molecule has 2 rings (SSSR count). The summed E-state index contributed by atoms with van der Waals surface area (Å²) in [7, 11) is 0. The van der Waals surface area contributed by atoms with Crippen molar-refractivity contribution < 1.29 is 14.3 Å². The number of rotatable bonds is 4. The zero-order chi connectivity index (χ0) is 13.8. The highest BCUT2D eigenvalue weighted by atomic mass is 32.1. The number of aromatic nitrogens is 1. The van der Waals surface area contributed by atoms with Crippen molar-refractivity contribution in [2.24, 2.45) is 0 Å². The topological polar surface area (TPSA) is 68.3 Å². The number of nitrogens with one attached hydrogen (secondary N) is 1. The van der Waals surface area contributed by atoms with Gasteiger partial charge in [-0.1, -0.05) is 0 Å². The molecule has 0 aliphatic heterocycles. The van der Waals surface area contributed by atoms with Crippen LogP contribution in [0.5, 0.6) is 0 Å².